The molecule has 0 aliphatic carbocycles. The van der Waals surface area contributed by atoms with Crippen LogP contribution in [0.5, 0.6) is 0 Å². The summed E-state index contributed by atoms with van der Waals surface area (Å²) < 4.78 is 7.37. The van der Waals surface area contributed by atoms with Gasteiger partial charge in [0.25, 0.3) is 0 Å². The van der Waals surface area contributed by atoms with E-state index in [0.717, 1.165) is 19.3 Å². The molecule has 0 aliphatic rings. The van der Waals surface area contributed by atoms with Crippen LogP contribution in [0.4, 0.5) is 0 Å². The summed E-state index contributed by atoms with van der Waals surface area (Å²) in [7, 11) is 5.72. The smallest absolute Gasteiger partial charge is 0.0727 e. The fourth-order valence-corrected chi connectivity index (χ4v) is 2.02. The summed E-state index contributed by atoms with van der Waals surface area (Å²) in [4.78, 5) is 0. The number of nitrogens with zero attached hydrogens (tertiary/aromatic N) is 2. The fraction of sp³-hybridized carbons (Fsp3) is 0.750. The summed E-state index contributed by atoms with van der Waals surface area (Å²) in [6, 6.07) is 0.356. The molecule has 4 heteroatoms. The van der Waals surface area contributed by atoms with E-state index in [1.807, 2.05) is 25.0 Å². The van der Waals surface area contributed by atoms with Crippen molar-refractivity contribution in [2.75, 3.05) is 14.2 Å². The van der Waals surface area contributed by atoms with Crippen LogP contribution in [0.2, 0.25) is 0 Å². The summed E-state index contributed by atoms with van der Waals surface area (Å²) >= 11 is 0. The molecule has 0 amide bonds. The summed E-state index contributed by atoms with van der Waals surface area (Å²) in [6.07, 6.45) is 7.44. The third-order valence-corrected chi connectivity index (χ3v) is 2.91. The van der Waals surface area contributed by atoms with Crippen LogP contribution in [0, 0.1) is 0 Å². The molecule has 1 heterocycles. The van der Waals surface area contributed by atoms with Gasteiger partial charge in [0.1, 0.15) is 0 Å². The van der Waals surface area contributed by atoms with Crippen molar-refractivity contribution in [3.63, 3.8) is 0 Å². The Labute approximate surface area is 98.0 Å². The zero-order chi connectivity index (χ0) is 12.0. The van der Waals surface area contributed by atoms with Gasteiger partial charge in [-0.2, -0.15) is 5.10 Å². The number of rotatable bonds is 7. The SMILES string of the molecule is CCCC(OC)C(Cc1cnn(C)c1)NC. The minimum Gasteiger partial charge on any atom is -0.380 e. The highest BCUT2D eigenvalue weighted by atomic mass is 16.5. The standard InChI is InChI=1S/C12H23N3O/c1-5-6-12(16-4)11(13-2)7-10-8-14-15(3)9-10/h8-9,11-13H,5-7H2,1-4H3. The van der Waals surface area contributed by atoms with Gasteiger partial charge < -0.3 is 10.1 Å². The Kier molecular flexibility index (Phi) is 5.49. The van der Waals surface area contributed by atoms with E-state index in [4.69, 9.17) is 4.74 Å². The molecular formula is C12H23N3O. The Morgan fingerprint density at radius 2 is 2.31 bits per heavy atom. The maximum Gasteiger partial charge on any atom is 0.0727 e. The molecule has 2 atom stereocenters. The van der Waals surface area contributed by atoms with E-state index >= 15 is 0 Å². The maximum atomic E-state index is 5.53. The second kappa shape index (κ2) is 6.66. The van der Waals surface area contributed by atoms with E-state index in [9.17, 15) is 0 Å². The monoisotopic (exact) mass is 225 g/mol. The van der Waals surface area contributed by atoms with Crippen LogP contribution >= 0.6 is 0 Å². The zero-order valence-corrected chi connectivity index (χ0v) is 10.7. The molecule has 4 nitrogen and oxygen atoms in total. The molecule has 0 spiro atoms. The van der Waals surface area contributed by atoms with Gasteiger partial charge in [0.05, 0.1) is 12.3 Å². The molecule has 16 heavy (non-hydrogen) atoms. The van der Waals surface area contributed by atoms with Crippen LogP contribution in [0.1, 0.15) is 25.3 Å². The van der Waals surface area contributed by atoms with Crippen LogP contribution in [0.15, 0.2) is 12.4 Å². The summed E-state index contributed by atoms with van der Waals surface area (Å²) in [6.45, 7) is 2.18. The number of aryl methyl sites for hydroxylation is 1. The Morgan fingerprint density at radius 3 is 2.75 bits per heavy atom. The molecule has 0 saturated heterocycles. The average Bonchev–Trinajstić information content (AvgIpc) is 2.69. The van der Waals surface area contributed by atoms with E-state index < -0.39 is 0 Å². The highest BCUT2D eigenvalue weighted by Gasteiger charge is 2.19. The van der Waals surface area contributed by atoms with Crippen molar-refractivity contribution >= 4 is 0 Å². The Hall–Kier alpha value is -0.870. The first kappa shape index (κ1) is 13.2. The number of likely N-dealkylation sites (N-methyl/N-ethyl adjacent to an activating group) is 1. The molecule has 2 unspecified atom stereocenters. The summed E-state index contributed by atoms with van der Waals surface area (Å²) in [5.41, 5.74) is 1.25. The number of hydrogen-bond donors (Lipinski definition) is 1. The Morgan fingerprint density at radius 1 is 1.56 bits per heavy atom. The predicted octanol–water partition coefficient (Wildman–Crippen LogP) is 1.37. The van der Waals surface area contributed by atoms with Crippen molar-refractivity contribution in [1.82, 2.24) is 15.1 Å². The summed E-state index contributed by atoms with van der Waals surface area (Å²) in [5, 5.41) is 7.52. The van der Waals surface area contributed by atoms with Gasteiger partial charge >= 0.3 is 0 Å². The second-order valence-electron chi connectivity index (χ2n) is 4.18. The molecule has 1 aromatic heterocycles. The van der Waals surface area contributed by atoms with Crippen LogP contribution in [0.3, 0.4) is 0 Å². The van der Waals surface area contributed by atoms with E-state index in [0.29, 0.717) is 6.04 Å². The first-order valence-corrected chi connectivity index (χ1v) is 5.88. The van der Waals surface area contributed by atoms with Crippen LogP contribution in [0.25, 0.3) is 0 Å². The quantitative estimate of drug-likeness (QED) is 0.761. The second-order valence-corrected chi connectivity index (χ2v) is 4.18. The van der Waals surface area contributed by atoms with Crippen molar-refractivity contribution in [1.29, 1.82) is 0 Å². The van der Waals surface area contributed by atoms with E-state index in [1.165, 1.54) is 5.56 Å². The zero-order valence-electron chi connectivity index (χ0n) is 10.7. The lowest BCUT2D eigenvalue weighted by atomic mass is 10.0. The molecule has 1 aromatic rings. The number of ether oxygens (including phenoxy) is 1. The van der Waals surface area contributed by atoms with Crippen LogP contribution in [-0.4, -0.2) is 36.1 Å². The lowest BCUT2D eigenvalue weighted by Gasteiger charge is -2.25. The first-order chi connectivity index (χ1) is 7.71. The van der Waals surface area contributed by atoms with Crippen molar-refractivity contribution in [3.05, 3.63) is 18.0 Å². The lowest BCUT2D eigenvalue weighted by molar-refractivity contribution is 0.0633. The van der Waals surface area contributed by atoms with Crippen molar-refractivity contribution in [2.45, 2.75) is 38.3 Å². The molecular weight excluding hydrogens is 202 g/mol. The van der Waals surface area contributed by atoms with Gasteiger partial charge in [-0.1, -0.05) is 13.3 Å². The lowest BCUT2D eigenvalue weighted by Crippen LogP contribution is -2.40. The fourth-order valence-electron chi connectivity index (χ4n) is 2.02. The molecule has 0 fully saturated rings. The van der Waals surface area contributed by atoms with E-state index in [1.54, 1.807) is 7.11 Å². The van der Waals surface area contributed by atoms with Gasteiger partial charge in [-0.3, -0.25) is 4.68 Å². The summed E-state index contributed by atoms with van der Waals surface area (Å²) in [5.74, 6) is 0. The molecule has 0 radical (unpaired) electrons. The maximum absolute atomic E-state index is 5.53. The van der Waals surface area contributed by atoms with Crippen molar-refractivity contribution in [2.24, 2.45) is 7.05 Å². The molecule has 0 bridgehead atoms. The van der Waals surface area contributed by atoms with Crippen molar-refractivity contribution < 1.29 is 4.74 Å². The van der Waals surface area contributed by atoms with Crippen LogP contribution in [-0.2, 0) is 18.2 Å². The van der Waals surface area contributed by atoms with Gasteiger partial charge in [-0.05, 0) is 25.5 Å². The normalized spacial score (nSPS) is 15.0. The predicted molar refractivity (Wildman–Crippen MR) is 65.5 cm³/mol. The highest BCUT2D eigenvalue weighted by molar-refractivity contribution is 5.06. The van der Waals surface area contributed by atoms with E-state index in [-0.39, 0.29) is 6.10 Å². The van der Waals surface area contributed by atoms with Gasteiger partial charge in [0, 0.05) is 26.4 Å². The van der Waals surface area contributed by atoms with Gasteiger partial charge in [-0.15, -0.1) is 0 Å². The third kappa shape index (κ3) is 3.61. The molecule has 0 saturated carbocycles. The number of hydrogen-bond acceptors (Lipinski definition) is 3. The minimum atomic E-state index is 0.273. The van der Waals surface area contributed by atoms with Gasteiger partial charge in [-0.25, -0.2) is 0 Å². The molecule has 0 aliphatic heterocycles. The average molecular weight is 225 g/mol. The molecule has 0 aromatic carbocycles. The van der Waals surface area contributed by atoms with Gasteiger partial charge in [0.15, 0.2) is 0 Å². The van der Waals surface area contributed by atoms with E-state index in [2.05, 4.69) is 23.5 Å². The Bertz CT molecular complexity index is 298. The molecule has 1 N–H and O–H groups in total. The highest BCUT2D eigenvalue weighted by Crippen LogP contribution is 2.11. The largest absolute Gasteiger partial charge is 0.380 e. The molecule has 92 valence electrons. The number of methoxy groups -OCH3 is 1. The Balaban J connectivity index is 2.59. The minimum absolute atomic E-state index is 0.273. The van der Waals surface area contributed by atoms with Crippen molar-refractivity contribution in [3.8, 4) is 0 Å². The topological polar surface area (TPSA) is 39.1 Å². The number of aromatic nitrogens is 2. The third-order valence-electron chi connectivity index (χ3n) is 2.91. The molecule has 1 rings (SSSR count). The van der Waals surface area contributed by atoms with Gasteiger partial charge in [0.2, 0.25) is 0 Å². The van der Waals surface area contributed by atoms with Crippen LogP contribution < -0.4 is 5.32 Å². The number of nitrogens with one attached hydrogen (secondary N) is 1. The first-order valence-electron chi connectivity index (χ1n) is 5.88.